The van der Waals surface area contributed by atoms with Crippen LogP contribution in [-0.2, 0) is 4.79 Å². The number of hydrogen-bond donors (Lipinski definition) is 3. The van der Waals surface area contributed by atoms with Gasteiger partial charge in [0, 0.05) is 18.2 Å². The van der Waals surface area contributed by atoms with Crippen molar-refractivity contribution in [2.45, 2.75) is 39.3 Å². The summed E-state index contributed by atoms with van der Waals surface area (Å²) < 4.78 is 5.03. The Hall–Kier alpha value is -1.40. The Balaban J connectivity index is 2.68. The van der Waals surface area contributed by atoms with E-state index < -0.39 is 11.6 Å². The Morgan fingerprint density at radius 2 is 2.18 bits per heavy atom. The number of carboxylic acid groups (broad SMARTS) is 1. The van der Waals surface area contributed by atoms with Gasteiger partial charge in [-0.3, -0.25) is 0 Å². The zero-order valence-electron chi connectivity index (χ0n) is 10.4. The van der Waals surface area contributed by atoms with Crippen LogP contribution in [0.5, 0.6) is 0 Å². The van der Waals surface area contributed by atoms with Gasteiger partial charge in [-0.05, 0) is 27.7 Å². The Kier molecular flexibility index (Phi) is 3.90. The molecule has 96 valence electrons. The van der Waals surface area contributed by atoms with Gasteiger partial charge in [-0.2, -0.15) is 0 Å². The van der Waals surface area contributed by atoms with Gasteiger partial charge in [0.25, 0.3) is 0 Å². The predicted molar refractivity (Wildman–Crippen MR) is 60.7 cm³/mol. The number of aryl methyl sites for hydroxylation is 2. The van der Waals surface area contributed by atoms with Gasteiger partial charge in [-0.1, -0.05) is 5.16 Å². The summed E-state index contributed by atoms with van der Waals surface area (Å²) in [6.07, 6.45) is 0. The van der Waals surface area contributed by atoms with Crippen LogP contribution in [0.1, 0.15) is 36.9 Å². The van der Waals surface area contributed by atoms with Gasteiger partial charge in [0.05, 0.1) is 5.69 Å². The first kappa shape index (κ1) is 13.7. The van der Waals surface area contributed by atoms with E-state index in [4.69, 9.17) is 9.63 Å². The molecule has 3 N–H and O–H groups in total. The van der Waals surface area contributed by atoms with E-state index in [2.05, 4.69) is 10.5 Å². The first-order chi connectivity index (χ1) is 7.75. The standard InChI is InChI=1S/C11H18N2O4/c1-6(9-7(2)13-17-8(9)3)12-5-11(4,16)10(14)15/h6,12,16H,5H2,1-4H3,(H,14,15). The van der Waals surface area contributed by atoms with E-state index in [1.54, 1.807) is 6.92 Å². The summed E-state index contributed by atoms with van der Waals surface area (Å²) >= 11 is 0. The number of carboxylic acids is 1. The first-order valence-electron chi connectivity index (χ1n) is 5.37. The molecule has 0 saturated carbocycles. The maximum Gasteiger partial charge on any atom is 0.336 e. The third-order valence-corrected chi connectivity index (χ3v) is 2.73. The normalized spacial score (nSPS) is 16.5. The molecule has 0 bridgehead atoms. The summed E-state index contributed by atoms with van der Waals surface area (Å²) in [5.41, 5.74) is -0.128. The summed E-state index contributed by atoms with van der Waals surface area (Å²) in [6.45, 7) is 6.68. The second-order valence-electron chi connectivity index (χ2n) is 4.42. The highest BCUT2D eigenvalue weighted by atomic mass is 16.5. The molecule has 0 aromatic carbocycles. The molecule has 0 spiro atoms. The maximum absolute atomic E-state index is 10.7. The fourth-order valence-corrected chi connectivity index (χ4v) is 1.64. The summed E-state index contributed by atoms with van der Waals surface area (Å²) in [5, 5.41) is 25.1. The van der Waals surface area contributed by atoms with Crippen molar-refractivity contribution in [1.29, 1.82) is 0 Å². The van der Waals surface area contributed by atoms with Crippen LogP contribution in [0.25, 0.3) is 0 Å². The quantitative estimate of drug-likeness (QED) is 0.706. The van der Waals surface area contributed by atoms with Gasteiger partial charge in [0.15, 0.2) is 5.60 Å². The van der Waals surface area contributed by atoms with Crippen LogP contribution in [0.2, 0.25) is 0 Å². The van der Waals surface area contributed by atoms with E-state index in [9.17, 15) is 9.90 Å². The highest BCUT2D eigenvalue weighted by molar-refractivity contribution is 5.76. The number of aliphatic carboxylic acids is 1. The molecule has 1 aromatic heterocycles. The van der Waals surface area contributed by atoms with E-state index in [1.807, 2.05) is 13.8 Å². The summed E-state index contributed by atoms with van der Waals surface area (Å²) in [6, 6.07) is -0.132. The minimum atomic E-state index is -1.78. The number of rotatable bonds is 5. The Labute approximate surface area is 99.6 Å². The monoisotopic (exact) mass is 242 g/mol. The Morgan fingerprint density at radius 1 is 1.59 bits per heavy atom. The molecule has 0 radical (unpaired) electrons. The minimum Gasteiger partial charge on any atom is -0.479 e. The van der Waals surface area contributed by atoms with Crippen molar-refractivity contribution in [2.24, 2.45) is 0 Å². The van der Waals surface area contributed by atoms with Crippen LogP contribution in [0.4, 0.5) is 0 Å². The Bertz CT molecular complexity index is 392. The fraction of sp³-hybridized carbons (Fsp3) is 0.636. The van der Waals surface area contributed by atoms with Crippen molar-refractivity contribution in [3.8, 4) is 0 Å². The lowest BCUT2D eigenvalue weighted by Crippen LogP contribution is -2.45. The van der Waals surface area contributed by atoms with Crippen LogP contribution in [0, 0.1) is 13.8 Å². The average molecular weight is 242 g/mol. The molecule has 1 aromatic rings. The molecule has 0 aliphatic rings. The van der Waals surface area contributed by atoms with Crippen molar-refractivity contribution < 1.29 is 19.5 Å². The largest absolute Gasteiger partial charge is 0.479 e. The number of aliphatic hydroxyl groups is 1. The first-order valence-corrected chi connectivity index (χ1v) is 5.37. The molecule has 0 amide bonds. The zero-order valence-corrected chi connectivity index (χ0v) is 10.4. The van der Waals surface area contributed by atoms with Crippen molar-refractivity contribution >= 4 is 5.97 Å². The van der Waals surface area contributed by atoms with E-state index >= 15 is 0 Å². The van der Waals surface area contributed by atoms with Crippen LogP contribution in [-0.4, -0.2) is 33.5 Å². The number of nitrogens with zero attached hydrogens (tertiary/aromatic N) is 1. The molecular formula is C11H18N2O4. The molecular weight excluding hydrogens is 224 g/mol. The van der Waals surface area contributed by atoms with Gasteiger partial charge in [0.1, 0.15) is 5.76 Å². The van der Waals surface area contributed by atoms with E-state index in [0.717, 1.165) is 11.3 Å². The molecule has 2 unspecified atom stereocenters. The van der Waals surface area contributed by atoms with Gasteiger partial charge in [-0.15, -0.1) is 0 Å². The number of nitrogens with one attached hydrogen (secondary N) is 1. The lowest BCUT2D eigenvalue weighted by atomic mass is 10.0. The lowest BCUT2D eigenvalue weighted by Gasteiger charge is -2.21. The van der Waals surface area contributed by atoms with E-state index in [1.165, 1.54) is 6.92 Å². The van der Waals surface area contributed by atoms with Gasteiger partial charge < -0.3 is 20.1 Å². The summed E-state index contributed by atoms with van der Waals surface area (Å²) in [4.78, 5) is 10.7. The average Bonchev–Trinajstić information content (AvgIpc) is 2.55. The molecule has 6 nitrogen and oxygen atoms in total. The minimum absolute atomic E-state index is 0.0481. The molecule has 0 saturated heterocycles. The molecule has 1 rings (SSSR count). The van der Waals surface area contributed by atoms with Gasteiger partial charge in [-0.25, -0.2) is 4.79 Å². The molecule has 0 aliphatic heterocycles. The molecule has 17 heavy (non-hydrogen) atoms. The molecule has 2 atom stereocenters. The van der Waals surface area contributed by atoms with Gasteiger partial charge in [0.2, 0.25) is 0 Å². The molecule has 0 fully saturated rings. The molecule has 1 heterocycles. The fourth-order valence-electron chi connectivity index (χ4n) is 1.64. The van der Waals surface area contributed by atoms with Crippen molar-refractivity contribution in [3.63, 3.8) is 0 Å². The van der Waals surface area contributed by atoms with Crippen molar-refractivity contribution in [2.75, 3.05) is 6.54 Å². The SMILES string of the molecule is Cc1noc(C)c1C(C)NCC(C)(O)C(=O)O. The van der Waals surface area contributed by atoms with Crippen LogP contribution >= 0.6 is 0 Å². The smallest absolute Gasteiger partial charge is 0.336 e. The van der Waals surface area contributed by atoms with E-state index in [0.29, 0.717) is 5.76 Å². The van der Waals surface area contributed by atoms with Crippen molar-refractivity contribution in [3.05, 3.63) is 17.0 Å². The topological polar surface area (TPSA) is 95.6 Å². The van der Waals surface area contributed by atoms with Gasteiger partial charge >= 0.3 is 5.97 Å². The van der Waals surface area contributed by atoms with Crippen LogP contribution < -0.4 is 5.32 Å². The van der Waals surface area contributed by atoms with Crippen molar-refractivity contribution in [1.82, 2.24) is 10.5 Å². The third kappa shape index (κ3) is 3.04. The lowest BCUT2D eigenvalue weighted by molar-refractivity contribution is -0.156. The highest BCUT2D eigenvalue weighted by Gasteiger charge is 2.30. The van der Waals surface area contributed by atoms with Crippen LogP contribution in [0.15, 0.2) is 4.52 Å². The highest BCUT2D eigenvalue weighted by Crippen LogP contribution is 2.21. The molecule has 6 heteroatoms. The van der Waals surface area contributed by atoms with Crippen LogP contribution in [0.3, 0.4) is 0 Å². The molecule has 0 aliphatic carbocycles. The van der Waals surface area contributed by atoms with E-state index in [-0.39, 0.29) is 12.6 Å². The predicted octanol–water partition coefficient (Wildman–Crippen LogP) is 0.778. The zero-order chi connectivity index (χ0) is 13.2. The maximum atomic E-state index is 10.7. The number of carbonyl (C=O) groups is 1. The number of hydrogen-bond acceptors (Lipinski definition) is 5. The summed E-state index contributed by atoms with van der Waals surface area (Å²) in [5.74, 6) is -0.562. The second kappa shape index (κ2) is 4.85. The summed E-state index contributed by atoms with van der Waals surface area (Å²) in [7, 11) is 0. The second-order valence-corrected chi connectivity index (χ2v) is 4.42. The Morgan fingerprint density at radius 3 is 2.59 bits per heavy atom. The number of aromatic nitrogens is 1. The third-order valence-electron chi connectivity index (χ3n) is 2.73.